The number of benzene rings is 1. The zero-order valence-electron chi connectivity index (χ0n) is 13.4. The Morgan fingerprint density at radius 3 is 2.68 bits per heavy atom. The predicted molar refractivity (Wildman–Crippen MR) is 85.2 cm³/mol. The van der Waals surface area contributed by atoms with Crippen molar-refractivity contribution >= 4 is 17.8 Å². The summed E-state index contributed by atoms with van der Waals surface area (Å²) >= 11 is 0. The van der Waals surface area contributed by atoms with Crippen LogP contribution in [-0.2, 0) is 21.4 Å². The molecule has 0 saturated carbocycles. The molecule has 2 heterocycles. The number of amides is 2. The fraction of sp³-hybridized carbons (Fsp3) is 0.235. The molecule has 1 N–H and O–H groups in total. The maximum Gasteiger partial charge on any atom is 0.355 e. The highest BCUT2D eigenvalue weighted by molar-refractivity contribution is 5.99. The SMILES string of the molecule is Cn1cccc1C(=O)OCC(=O)NC(=O)C1COc2ccccc2O1. The number of carbonyl (C=O) groups is 3. The summed E-state index contributed by atoms with van der Waals surface area (Å²) in [5.41, 5.74) is 0.305. The normalized spacial score (nSPS) is 15.3. The molecule has 1 atom stereocenters. The Kier molecular flexibility index (Phi) is 4.69. The molecule has 130 valence electrons. The third kappa shape index (κ3) is 3.79. The van der Waals surface area contributed by atoms with E-state index in [0.717, 1.165) is 0 Å². The number of carbonyl (C=O) groups excluding carboxylic acids is 3. The second-order valence-electron chi connectivity index (χ2n) is 5.36. The van der Waals surface area contributed by atoms with E-state index in [1.165, 1.54) is 0 Å². The summed E-state index contributed by atoms with van der Waals surface area (Å²) in [6.45, 7) is -0.584. The molecule has 3 rings (SSSR count). The van der Waals surface area contributed by atoms with Crippen LogP contribution in [0.4, 0.5) is 0 Å². The topological polar surface area (TPSA) is 95.9 Å². The lowest BCUT2D eigenvalue weighted by Crippen LogP contribution is -2.47. The summed E-state index contributed by atoms with van der Waals surface area (Å²) in [7, 11) is 1.68. The number of aryl methyl sites for hydroxylation is 1. The largest absolute Gasteiger partial charge is 0.485 e. The van der Waals surface area contributed by atoms with Gasteiger partial charge < -0.3 is 18.8 Å². The van der Waals surface area contributed by atoms with Gasteiger partial charge in [-0.05, 0) is 24.3 Å². The molecular weight excluding hydrogens is 328 g/mol. The van der Waals surface area contributed by atoms with E-state index >= 15 is 0 Å². The highest BCUT2D eigenvalue weighted by Crippen LogP contribution is 2.30. The zero-order chi connectivity index (χ0) is 17.8. The van der Waals surface area contributed by atoms with E-state index < -0.39 is 30.5 Å². The van der Waals surface area contributed by atoms with Crippen molar-refractivity contribution in [3.8, 4) is 11.5 Å². The second kappa shape index (κ2) is 7.08. The molecule has 1 aliphatic heterocycles. The van der Waals surface area contributed by atoms with Gasteiger partial charge in [0.2, 0.25) is 6.10 Å². The van der Waals surface area contributed by atoms with Crippen LogP contribution >= 0.6 is 0 Å². The fourth-order valence-electron chi connectivity index (χ4n) is 2.28. The van der Waals surface area contributed by atoms with E-state index in [1.54, 1.807) is 54.2 Å². The summed E-state index contributed by atoms with van der Waals surface area (Å²) in [4.78, 5) is 35.7. The van der Waals surface area contributed by atoms with Crippen LogP contribution in [0.1, 0.15) is 10.5 Å². The monoisotopic (exact) mass is 344 g/mol. The molecule has 2 aromatic rings. The Hall–Kier alpha value is -3.29. The van der Waals surface area contributed by atoms with Crippen LogP contribution in [0.2, 0.25) is 0 Å². The number of hydrogen-bond acceptors (Lipinski definition) is 6. The number of fused-ring (bicyclic) bond motifs is 1. The van der Waals surface area contributed by atoms with Gasteiger partial charge in [-0.15, -0.1) is 0 Å². The van der Waals surface area contributed by atoms with Crippen LogP contribution in [0.15, 0.2) is 42.6 Å². The lowest BCUT2D eigenvalue weighted by molar-refractivity contribution is -0.137. The fourth-order valence-corrected chi connectivity index (χ4v) is 2.28. The number of esters is 1. The van der Waals surface area contributed by atoms with Gasteiger partial charge in [0.15, 0.2) is 18.1 Å². The molecule has 0 fully saturated rings. The van der Waals surface area contributed by atoms with Crippen LogP contribution < -0.4 is 14.8 Å². The number of nitrogens with zero attached hydrogens (tertiary/aromatic N) is 1. The summed E-state index contributed by atoms with van der Waals surface area (Å²) in [6, 6.07) is 10.2. The number of aromatic nitrogens is 1. The van der Waals surface area contributed by atoms with Crippen molar-refractivity contribution in [2.75, 3.05) is 13.2 Å². The van der Waals surface area contributed by atoms with Gasteiger partial charge in [-0.1, -0.05) is 12.1 Å². The van der Waals surface area contributed by atoms with Gasteiger partial charge in [-0.25, -0.2) is 4.79 Å². The van der Waals surface area contributed by atoms with Gasteiger partial charge in [0.1, 0.15) is 12.3 Å². The number of ether oxygens (including phenoxy) is 3. The molecular formula is C17H16N2O6. The van der Waals surface area contributed by atoms with Gasteiger partial charge >= 0.3 is 5.97 Å². The lowest BCUT2D eigenvalue weighted by Gasteiger charge is -2.25. The first-order valence-electron chi connectivity index (χ1n) is 7.55. The van der Waals surface area contributed by atoms with Crippen molar-refractivity contribution in [3.63, 3.8) is 0 Å². The van der Waals surface area contributed by atoms with Crippen molar-refractivity contribution < 1.29 is 28.6 Å². The molecule has 0 bridgehead atoms. The lowest BCUT2D eigenvalue weighted by atomic mass is 10.2. The average molecular weight is 344 g/mol. The third-order valence-corrected chi connectivity index (χ3v) is 3.55. The smallest absolute Gasteiger partial charge is 0.355 e. The van der Waals surface area contributed by atoms with Crippen LogP contribution in [-0.4, -0.2) is 41.7 Å². The first kappa shape index (κ1) is 16.6. The highest BCUT2D eigenvalue weighted by Gasteiger charge is 2.28. The number of nitrogens with one attached hydrogen (secondary N) is 1. The summed E-state index contributed by atoms with van der Waals surface area (Å²) in [6.07, 6.45) is 0.723. The van der Waals surface area contributed by atoms with Crippen LogP contribution in [0, 0.1) is 0 Å². The van der Waals surface area contributed by atoms with Crippen molar-refractivity contribution in [2.45, 2.75) is 6.10 Å². The summed E-state index contributed by atoms with van der Waals surface area (Å²) in [5.74, 6) is -1.09. The van der Waals surface area contributed by atoms with Crippen molar-refractivity contribution in [1.29, 1.82) is 0 Å². The minimum atomic E-state index is -0.956. The van der Waals surface area contributed by atoms with Gasteiger partial charge in [0.05, 0.1) is 0 Å². The van der Waals surface area contributed by atoms with E-state index in [9.17, 15) is 14.4 Å². The predicted octanol–water partition coefficient (Wildman–Crippen LogP) is 0.665. The van der Waals surface area contributed by atoms with Gasteiger partial charge in [-0.2, -0.15) is 0 Å². The standard InChI is InChI=1S/C17H16N2O6/c1-19-8-4-5-11(19)17(22)24-10-15(20)18-16(21)14-9-23-12-6-2-3-7-13(12)25-14/h2-8,14H,9-10H2,1H3,(H,18,20,21). The Labute approximate surface area is 143 Å². The van der Waals surface area contributed by atoms with E-state index in [2.05, 4.69) is 5.32 Å². The van der Waals surface area contributed by atoms with Crippen LogP contribution in [0.3, 0.4) is 0 Å². The molecule has 1 aromatic carbocycles. The molecule has 0 radical (unpaired) electrons. The Bertz CT molecular complexity index is 813. The van der Waals surface area contributed by atoms with Gasteiger partial charge in [-0.3, -0.25) is 14.9 Å². The molecule has 2 amide bonds. The minimum Gasteiger partial charge on any atom is -0.485 e. The average Bonchev–Trinajstić information content (AvgIpc) is 3.05. The maximum atomic E-state index is 12.1. The molecule has 1 aliphatic rings. The summed E-state index contributed by atoms with van der Waals surface area (Å²) in [5, 5.41) is 2.13. The molecule has 25 heavy (non-hydrogen) atoms. The van der Waals surface area contributed by atoms with Crippen molar-refractivity contribution in [1.82, 2.24) is 9.88 Å². The maximum absolute atomic E-state index is 12.1. The zero-order valence-corrected chi connectivity index (χ0v) is 13.4. The molecule has 1 aromatic heterocycles. The minimum absolute atomic E-state index is 0.0146. The van der Waals surface area contributed by atoms with Gasteiger partial charge in [0, 0.05) is 13.2 Å². The first-order chi connectivity index (χ1) is 12.0. The quantitative estimate of drug-likeness (QED) is 0.819. The highest BCUT2D eigenvalue weighted by atomic mass is 16.6. The van der Waals surface area contributed by atoms with Crippen LogP contribution in [0.25, 0.3) is 0 Å². The van der Waals surface area contributed by atoms with Crippen molar-refractivity contribution in [2.24, 2.45) is 7.05 Å². The molecule has 0 saturated heterocycles. The van der Waals surface area contributed by atoms with E-state index in [-0.39, 0.29) is 6.61 Å². The molecule has 8 nitrogen and oxygen atoms in total. The number of imide groups is 1. The van der Waals surface area contributed by atoms with Crippen LogP contribution in [0.5, 0.6) is 11.5 Å². The third-order valence-electron chi connectivity index (χ3n) is 3.55. The molecule has 0 spiro atoms. The Morgan fingerprint density at radius 1 is 1.20 bits per heavy atom. The first-order valence-corrected chi connectivity index (χ1v) is 7.55. The van der Waals surface area contributed by atoms with E-state index in [0.29, 0.717) is 17.2 Å². The number of para-hydroxylation sites is 2. The summed E-state index contributed by atoms with van der Waals surface area (Å²) < 4.78 is 17.4. The Morgan fingerprint density at radius 2 is 1.96 bits per heavy atom. The van der Waals surface area contributed by atoms with Crippen molar-refractivity contribution in [3.05, 3.63) is 48.3 Å². The van der Waals surface area contributed by atoms with E-state index in [1.807, 2.05) is 0 Å². The number of rotatable bonds is 4. The Balaban J connectivity index is 1.49. The molecule has 0 aliphatic carbocycles. The van der Waals surface area contributed by atoms with Gasteiger partial charge in [0.25, 0.3) is 11.8 Å². The second-order valence-corrected chi connectivity index (χ2v) is 5.36. The van der Waals surface area contributed by atoms with E-state index in [4.69, 9.17) is 14.2 Å². The molecule has 8 heteroatoms. The molecule has 1 unspecified atom stereocenters. The number of hydrogen-bond donors (Lipinski definition) is 1.